The molecule has 0 amide bonds. The SMILES string of the molecule is Cn1cnc(Br)c1-c1ccc(S(C)(=O)=O)cc1. The highest BCUT2D eigenvalue weighted by molar-refractivity contribution is 9.10. The van der Waals surface area contributed by atoms with E-state index < -0.39 is 9.84 Å². The van der Waals surface area contributed by atoms with Crippen molar-refractivity contribution in [2.75, 3.05) is 6.26 Å². The van der Waals surface area contributed by atoms with Gasteiger partial charge in [0, 0.05) is 18.9 Å². The molecule has 2 rings (SSSR count). The number of nitrogens with zero attached hydrogens (tertiary/aromatic N) is 2. The molecular formula is C11H11BrN2O2S. The van der Waals surface area contributed by atoms with Gasteiger partial charge in [-0.25, -0.2) is 13.4 Å². The number of rotatable bonds is 2. The van der Waals surface area contributed by atoms with Crippen molar-refractivity contribution in [2.24, 2.45) is 7.05 Å². The minimum Gasteiger partial charge on any atom is -0.333 e. The number of benzene rings is 1. The van der Waals surface area contributed by atoms with E-state index in [9.17, 15) is 8.42 Å². The molecule has 0 fully saturated rings. The number of hydrogen-bond donors (Lipinski definition) is 0. The van der Waals surface area contributed by atoms with Crippen molar-refractivity contribution < 1.29 is 8.42 Å². The molecule has 0 unspecified atom stereocenters. The van der Waals surface area contributed by atoms with Gasteiger partial charge in [0.1, 0.15) is 4.60 Å². The lowest BCUT2D eigenvalue weighted by molar-refractivity contribution is 0.602. The van der Waals surface area contributed by atoms with E-state index in [1.54, 1.807) is 30.6 Å². The van der Waals surface area contributed by atoms with Crippen LogP contribution in [0.2, 0.25) is 0 Å². The van der Waals surface area contributed by atoms with E-state index in [0.29, 0.717) is 4.90 Å². The minimum atomic E-state index is -3.14. The Kier molecular flexibility index (Phi) is 3.09. The van der Waals surface area contributed by atoms with Crippen LogP contribution in [0.15, 0.2) is 40.1 Å². The highest BCUT2D eigenvalue weighted by atomic mass is 79.9. The summed E-state index contributed by atoms with van der Waals surface area (Å²) in [5.41, 5.74) is 1.84. The van der Waals surface area contributed by atoms with Crippen molar-refractivity contribution in [1.82, 2.24) is 9.55 Å². The first-order valence-electron chi connectivity index (χ1n) is 4.87. The smallest absolute Gasteiger partial charge is 0.175 e. The van der Waals surface area contributed by atoms with E-state index in [0.717, 1.165) is 15.9 Å². The second-order valence-corrected chi connectivity index (χ2v) is 6.56. The molecule has 0 saturated heterocycles. The fourth-order valence-electron chi connectivity index (χ4n) is 1.58. The molecule has 0 aliphatic rings. The van der Waals surface area contributed by atoms with Crippen molar-refractivity contribution in [3.05, 3.63) is 35.2 Å². The molecule has 90 valence electrons. The first-order valence-corrected chi connectivity index (χ1v) is 7.55. The van der Waals surface area contributed by atoms with Crippen LogP contribution in [0.1, 0.15) is 0 Å². The molecule has 0 saturated carbocycles. The number of aryl methyl sites for hydroxylation is 1. The van der Waals surface area contributed by atoms with Crippen LogP contribution in [-0.2, 0) is 16.9 Å². The molecule has 1 aromatic heterocycles. The molecule has 0 radical (unpaired) electrons. The molecule has 6 heteroatoms. The maximum atomic E-state index is 11.3. The van der Waals surface area contributed by atoms with Gasteiger partial charge < -0.3 is 4.57 Å². The van der Waals surface area contributed by atoms with Crippen LogP contribution >= 0.6 is 15.9 Å². The maximum Gasteiger partial charge on any atom is 0.175 e. The van der Waals surface area contributed by atoms with E-state index in [-0.39, 0.29) is 0 Å². The molecule has 0 spiro atoms. The van der Waals surface area contributed by atoms with Crippen molar-refractivity contribution >= 4 is 25.8 Å². The molecule has 0 aliphatic heterocycles. The Morgan fingerprint density at radius 1 is 1.24 bits per heavy atom. The summed E-state index contributed by atoms with van der Waals surface area (Å²) >= 11 is 3.36. The fraction of sp³-hybridized carbons (Fsp3) is 0.182. The lowest BCUT2D eigenvalue weighted by atomic mass is 10.2. The molecular weight excluding hydrogens is 304 g/mol. The van der Waals surface area contributed by atoms with Gasteiger partial charge >= 0.3 is 0 Å². The first-order chi connectivity index (χ1) is 7.89. The van der Waals surface area contributed by atoms with Crippen LogP contribution in [0.25, 0.3) is 11.3 Å². The van der Waals surface area contributed by atoms with Gasteiger partial charge in [0.25, 0.3) is 0 Å². The topological polar surface area (TPSA) is 52.0 Å². The molecule has 0 atom stereocenters. The highest BCUT2D eigenvalue weighted by Crippen LogP contribution is 2.27. The van der Waals surface area contributed by atoms with Crippen LogP contribution in [0.3, 0.4) is 0 Å². The number of aromatic nitrogens is 2. The summed E-state index contributed by atoms with van der Waals surface area (Å²) in [5, 5.41) is 0. The van der Waals surface area contributed by atoms with Gasteiger partial charge in [-0.1, -0.05) is 12.1 Å². The lowest BCUT2D eigenvalue weighted by Crippen LogP contribution is -1.97. The summed E-state index contributed by atoms with van der Waals surface area (Å²) in [4.78, 5) is 4.44. The molecule has 17 heavy (non-hydrogen) atoms. The van der Waals surface area contributed by atoms with Crippen LogP contribution < -0.4 is 0 Å². The third-order valence-electron chi connectivity index (χ3n) is 2.45. The number of imidazole rings is 1. The second kappa shape index (κ2) is 4.27. The Labute approximate surface area is 108 Å². The Balaban J connectivity index is 2.50. The van der Waals surface area contributed by atoms with E-state index in [1.165, 1.54) is 6.26 Å². The zero-order valence-electron chi connectivity index (χ0n) is 9.38. The highest BCUT2D eigenvalue weighted by Gasteiger charge is 2.11. The second-order valence-electron chi connectivity index (χ2n) is 3.79. The fourth-order valence-corrected chi connectivity index (χ4v) is 2.82. The summed E-state index contributed by atoms with van der Waals surface area (Å²) in [7, 11) is -1.26. The summed E-state index contributed by atoms with van der Waals surface area (Å²) in [6.45, 7) is 0. The van der Waals surface area contributed by atoms with Crippen LogP contribution in [0.5, 0.6) is 0 Å². The van der Waals surface area contributed by atoms with Gasteiger partial charge in [0.05, 0.1) is 16.9 Å². The molecule has 1 heterocycles. The average Bonchev–Trinajstić information content (AvgIpc) is 2.58. The maximum absolute atomic E-state index is 11.3. The Morgan fingerprint density at radius 3 is 2.24 bits per heavy atom. The average molecular weight is 315 g/mol. The third-order valence-corrected chi connectivity index (χ3v) is 4.16. The summed E-state index contributed by atoms with van der Waals surface area (Å²) < 4.78 is 25.3. The molecule has 0 bridgehead atoms. The monoisotopic (exact) mass is 314 g/mol. The molecule has 0 N–H and O–H groups in total. The quantitative estimate of drug-likeness (QED) is 0.854. The van der Waals surface area contributed by atoms with E-state index >= 15 is 0 Å². The standard InChI is InChI=1S/C11H11BrN2O2S/c1-14-7-13-11(12)10(14)8-3-5-9(6-4-8)17(2,15)16/h3-7H,1-2H3. The summed E-state index contributed by atoms with van der Waals surface area (Å²) in [5.74, 6) is 0. The summed E-state index contributed by atoms with van der Waals surface area (Å²) in [6.07, 6.45) is 2.89. The third kappa shape index (κ3) is 2.42. The van der Waals surface area contributed by atoms with Crippen molar-refractivity contribution in [3.63, 3.8) is 0 Å². The Bertz CT molecular complexity index is 625. The zero-order valence-corrected chi connectivity index (χ0v) is 11.8. The van der Waals surface area contributed by atoms with Gasteiger partial charge in [-0.15, -0.1) is 0 Å². The van der Waals surface area contributed by atoms with Crippen LogP contribution in [0.4, 0.5) is 0 Å². The predicted molar refractivity (Wildman–Crippen MR) is 69.5 cm³/mol. The van der Waals surface area contributed by atoms with Crippen LogP contribution in [0, 0.1) is 0 Å². The normalized spacial score (nSPS) is 11.7. The lowest BCUT2D eigenvalue weighted by Gasteiger charge is -2.04. The summed E-state index contributed by atoms with van der Waals surface area (Å²) in [6, 6.07) is 6.75. The van der Waals surface area contributed by atoms with Gasteiger partial charge in [-0.3, -0.25) is 0 Å². The predicted octanol–water partition coefficient (Wildman–Crippen LogP) is 2.25. The molecule has 2 aromatic rings. The molecule has 0 aliphatic carbocycles. The molecule has 4 nitrogen and oxygen atoms in total. The van der Waals surface area contributed by atoms with Crippen molar-refractivity contribution in [3.8, 4) is 11.3 Å². The van der Waals surface area contributed by atoms with Crippen LogP contribution in [-0.4, -0.2) is 24.2 Å². The van der Waals surface area contributed by atoms with Crippen molar-refractivity contribution in [2.45, 2.75) is 4.90 Å². The number of halogens is 1. The van der Waals surface area contributed by atoms with E-state index in [2.05, 4.69) is 20.9 Å². The number of sulfone groups is 1. The van der Waals surface area contributed by atoms with Gasteiger partial charge in [0.15, 0.2) is 9.84 Å². The minimum absolute atomic E-state index is 0.319. The molecule has 1 aromatic carbocycles. The Morgan fingerprint density at radius 2 is 1.82 bits per heavy atom. The van der Waals surface area contributed by atoms with E-state index in [1.807, 2.05) is 11.6 Å². The Hall–Kier alpha value is -1.14. The van der Waals surface area contributed by atoms with Gasteiger partial charge in [-0.05, 0) is 28.1 Å². The van der Waals surface area contributed by atoms with Crippen molar-refractivity contribution in [1.29, 1.82) is 0 Å². The van der Waals surface area contributed by atoms with Gasteiger partial charge in [-0.2, -0.15) is 0 Å². The zero-order chi connectivity index (χ0) is 12.6. The van der Waals surface area contributed by atoms with Gasteiger partial charge in [0.2, 0.25) is 0 Å². The number of hydrogen-bond acceptors (Lipinski definition) is 3. The van der Waals surface area contributed by atoms with E-state index in [4.69, 9.17) is 0 Å². The first kappa shape index (κ1) is 12.3. The largest absolute Gasteiger partial charge is 0.333 e.